The maximum atomic E-state index is 12.0. The predicted octanol–water partition coefficient (Wildman–Crippen LogP) is 2.30. The summed E-state index contributed by atoms with van der Waals surface area (Å²) in [6.07, 6.45) is 1.93. The SMILES string of the molecule is COC(=O)C1=CCC(NC(=O)OC(C)(C)C)[C@@H](C)C(C)N1C. The summed E-state index contributed by atoms with van der Waals surface area (Å²) >= 11 is 0. The van der Waals surface area contributed by atoms with Gasteiger partial charge in [0.25, 0.3) is 0 Å². The Morgan fingerprint density at radius 3 is 2.41 bits per heavy atom. The first kappa shape index (κ1) is 18.3. The van der Waals surface area contributed by atoms with Gasteiger partial charge < -0.3 is 19.7 Å². The molecule has 0 radical (unpaired) electrons. The molecular formula is C16H28N2O4. The van der Waals surface area contributed by atoms with Gasteiger partial charge in [0.2, 0.25) is 0 Å². The lowest BCUT2D eigenvalue weighted by Crippen LogP contribution is -2.47. The lowest BCUT2D eigenvalue weighted by molar-refractivity contribution is -0.138. The average Bonchev–Trinajstić information content (AvgIpc) is 2.50. The molecule has 1 rings (SSSR count). The molecule has 2 unspecified atom stereocenters. The first-order valence-corrected chi connectivity index (χ1v) is 7.57. The Morgan fingerprint density at radius 2 is 1.91 bits per heavy atom. The van der Waals surface area contributed by atoms with E-state index in [4.69, 9.17) is 9.47 Å². The zero-order valence-electron chi connectivity index (χ0n) is 14.6. The van der Waals surface area contributed by atoms with Crippen LogP contribution in [0.15, 0.2) is 11.8 Å². The van der Waals surface area contributed by atoms with Gasteiger partial charge in [0.05, 0.1) is 7.11 Å². The minimum Gasteiger partial charge on any atom is -0.464 e. The summed E-state index contributed by atoms with van der Waals surface area (Å²) in [6.45, 7) is 9.56. The number of methoxy groups -OCH3 is 1. The first-order chi connectivity index (χ1) is 10.1. The Bertz CT molecular complexity index is 454. The van der Waals surface area contributed by atoms with Crippen molar-refractivity contribution >= 4 is 12.1 Å². The number of hydrogen-bond donors (Lipinski definition) is 1. The molecule has 0 aliphatic carbocycles. The van der Waals surface area contributed by atoms with E-state index in [2.05, 4.69) is 12.2 Å². The Hall–Kier alpha value is -1.72. The third-order valence-electron chi connectivity index (χ3n) is 4.05. The molecule has 0 bridgehead atoms. The Kier molecular flexibility index (Phi) is 5.85. The molecular weight excluding hydrogens is 284 g/mol. The molecule has 0 saturated carbocycles. The van der Waals surface area contributed by atoms with E-state index in [9.17, 15) is 9.59 Å². The van der Waals surface area contributed by atoms with Crippen LogP contribution in [-0.2, 0) is 14.3 Å². The van der Waals surface area contributed by atoms with Crippen LogP contribution in [0.1, 0.15) is 41.0 Å². The zero-order chi connectivity index (χ0) is 17.1. The maximum absolute atomic E-state index is 12.0. The fourth-order valence-electron chi connectivity index (χ4n) is 2.49. The van der Waals surface area contributed by atoms with Gasteiger partial charge in [-0.15, -0.1) is 0 Å². The van der Waals surface area contributed by atoms with Gasteiger partial charge in [-0.1, -0.05) is 13.0 Å². The normalized spacial score (nSPS) is 25.9. The van der Waals surface area contributed by atoms with Crippen molar-refractivity contribution in [3.63, 3.8) is 0 Å². The summed E-state index contributed by atoms with van der Waals surface area (Å²) in [4.78, 5) is 25.7. The monoisotopic (exact) mass is 312 g/mol. The lowest BCUT2D eigenvalue weighted by atomic mass is 9.93. The van der Waals surface area contributed by atoms with Crippen LogP contribution in [0.25, 0.3) is 0 Å². The van der Waals surface area contributed by atoms with Crippen molar-refractivity contribution in [3.05, 3.63) is 11.8 Å². The molecule has 0 spiro atoms. The van der Waals surface area contributed by atoms with Gasteiger partial charge in [0.1, 0.15) is 11.3 Å². The van der Waals surface area contributed by atoms with Gasteiger partial charge in [0, 0.05) is 19.1 Å². The highest BCUT2D eigenvalue weighted by molar-refractivity contribution is 5.87. The smallest absolute Gasteiger partial charge is 0.407 e. The Balaban J connectivity index is 2.87. The van der Waals surface area contributed by atoms with Crippen molar-refractivity contribution in [1.82, 2.24) is 10.2 Å². The lowest BCUT2D eigenvalue weighted by Gasteiger charge is -2.33. The highest BCUT2D eigenvalue weighted by Gasteiger charge is 2.33. The quantitative estimate of drug-likeness (QED) is 0.792. The van der Waals surface area contributed by atoms with Crippen LogP contribution in [0.4, 0.5) is 4.79 Å². The summed E-state index contributed by atoms with van der Waals surface area (Å²) in [5.41, 5.74) is -0.0108. The molecule has 1 aliphatic heterocycles. The van der Waals surface area contributed by atoms with Gasteiger partial charge >= 0.3 is 12.1 Å². The molecule has 0 aromatic rings. The summed E-state index contributed by atoms with van der Waals surface area (Å²) < 4.78 is 10.1. The number of rotatable bonds is 2. The number of amides is 1. The maximum Gasteiger partial charge on any atom is 0.407 e. The molecule has 1 aliphatic rings. The predicted molar refractivity (Wildman–Crippen MR) is 84.3 cm³/mol. The van der Waals surface area contributed by atoms with Crippen LogP contribution >= 0.6 is 0 Å². The Labute approximate surface area is 132 Å². The van der Waals surface area contributed by atoms with E-state index in [1.807, 2.05) is 45.7 Å². The average molecular weight is 312 g/mol. The van der Waals surface area contributed by atoms with E-state index < -0.39 is 11.7 Å². The third kappa shape index (κ3) is 4.64. The molecule has 1 heterocycles. The third-order valence-corrected chi connectivity index (χ3v) is 4.05. The van der Waals surface area contributed by atoms with Crippen molar-refractivity contribution < 1.29 is 19.1 Å². The minimum atomic E-state index is -0.534. The number of nitrogens with one attached hydrogen (secondary N) is 1. The van der Waals surface area contributed by atoms with E-state index in [0.717, 1.165) is 0 Å². The number of carbonyl (C=O) groups excluding carboxylic acids is 2. The molecule has 1 amide bonds. The summed E-state index contributed by atoms with van der Waals surface area (Å²) in [7, 11) is 3.23. The molecule has 0 aromatic carbocycles. The van der Waals surface area contributed by atoms with Gasteiger partial charge in [-0.25, -0.2) is 9.59 Å². The molecule has 3 atom stereocenters. The largest absolute Gasteiger partial charge is 0.464 e. The zero-order valence-corrected chi connectivity index (χ0v) is 14.6. The van der Waals surface area contributed by atoms with E-state index in [1.165, 1.54) is 7.11 Å². The van der Waals surface area contributed by atoms with Crippen molar-refractivity contribution in [2.45, 2.75) is 58.7 Å². The summed E-state index contributed by atoms with van der Waals surface area (Å²) in [6, 6.07) is -0.0257. The van der Waals surface area contributed by atoms with Gasteiger partial charge in [-0.2, -0.15) is 0 Å². The second-order valence-corrected chi connectivity index (χ2v) is 6.78. The van der Waals surface area contributed by atoms with Crippen LogP contribution in [0.2, 0.25) is 0 Å². The molecule has 0 saturated heterocycles. The number of nitrogens with zero attached hydrogens (tertiary/aromatic N) is 1. The topological polar surface area (TPSA) is 67.9 Å². The first-order valence-electron chi connectivity index (χ1n) is 7.57. The van der Waals surface area contributed by atoms with Gasteiger partial charge in [-0.3, -0.25) is 0 Å². The molecule has 22 heavy (non-hydrogen) atoms. The Morgan fingerprint density at radius 1 is 1.32 bits per heavy atom. The molecule has 0 aromatic heterocycles. The second-order valence-electron chi connectivity index (χ2n) is 6.78. The number of likely N-dealkylation sites (N-methyl/N-ethyl adjacent to an activating group) is 1. The van der Waals surface area contributed by atoms with E-state index in [0.29, 0.717) is 12.1 Å². The van der Waals surface area contributed by atoms with Crippen LogP contribution in [0, 0.1) is 5.92 Å². The number of hydrogen-bond acceptors (Lipinski definition) is 5. The van der Waals surface area contributed by atoms with Crippen molar-refractivity contribution in [1.29, 1.82) is 0 Å². The fourth-order valence-corrected chi connectivity index (χ4v) is 2.49. The highest BCUT2D eigenvalue weighted by Crippen LogP contribution is 2.25. The minimum absolute atomic E-state index is 0.0767. The molecule has 6 nitrogen and oxygen atoms in total. The van der Waals surface area contributed by atoms with Crippen molar-refractivity contribution in [2.75, 3.05) is 14.2 Å². The highest BCUT2D eigenvalue weighted by atomic mass is 16.6. The van der Waals surface area contributed by atoms with Crippen LogP contribution in [0.3, 0.4) is 0 Å². The standard InChI is InChI=1S/C16H28N2O4/c1-10-11(2)18(6)13(14(19)21-7)9-8-12(10)17-15(20)22-16(3,4)5/h9-12H,8H2,1-7H3,(H,17,20)/t10-,11?,12?/m0/s1. The van der Waals surface area contributed by atoms with Gasteiger partial charge in [0.15, 0.2) is 0 Å². The fraction of sp³-hybridized carbons (Fsp3) is 0.750. The molecule has 1 N–H and O–H groups in total. The van der Waals surface area contributed by atoms with E-state index in [-0.39, 0.29) is 24.0 Å². The molecule has 126 valence electrons. The van der Waals surface area contributed by atoms with Crippen LogP contribution in [0.5, 0.6) is 0 Å². The van der Waals surface area contributed by atoms with E-state index >= 15 is 0 Å². The molecule has 6 heteroatoms. The van der Waals surface area contributed by atoms with E-state index in [1.54, 1.807) is 0 Å². The number of alkyl carbamates (subject to hydrolysis) is 1. The van der Waals surface area contributed by atoms with Crippen molar-refractivity contribution in [2.24, 2.45) is 5.92 Å². The summed E-state index contributed by atoms with van der Waals surface area (Å²) in [5.74, 6) is -0.213. The summed E-state index contributed by atoms with van der Waals surface area (Å²) in [5, 5.41) is 2.91. The van der Waals surface area contributed by atoms with Crippen molar-refractivity contribution in [3.8, 4) is 0 Å². The van der Waals surface area contributed by atoms with Gasteiger partial charge in [-0.05, 0) is 40.0 Å². The number of esters is 1. The number of ether oxygens (including phenoxy) is 2. The van der Waals surface area contributed by atoms with Crippen LogP contribution in [-0.4, -0.2) is 48.8 Å². The number of carbonyl (C=O) groups is 2. The molecule has 0 fully saturated rings. The second kappa shape index (κ2) is 7.03. The van der Waals surface area contributed by atoms with Crippen LogP contribution < -0.4 is 5.32 Å².